The van der Waals surface area contributed by atoms with E-state index in [0.717, 1.165) is 17.8 Å². The zero-order chi connectivity index (χ0) is 9.68. The largest absolute Gasteiger partial charge is 0.0776 e. The fraction of sp³-hybridized carbons (Fsp3) is 1.00. The minimum atomic E-state index is 0. The van der Waals surface area contributed by atoms with Crippen LogP contribution >= 0.6 is 0 Å². The average Bonchev–Trinajstić information content (AvgIpc) is 2.15. The third kappa shape index (κ3) is 5.02. The van der Waals surface area contributed by atoms with Crippen molar-refractivity contribution in [2.75, 3.05) is 0 Å². The molecule has 1 aliphatic carbocycles. The Morgan fingerprint density at radius 2 is 1.50 bits per heavy atom. The third-order valence-corrected chi connectivity index (χ3v) is 3.65. The van der Waals surface area contributed by atoms with E-state index in [1.54, 1.807) is 0 Å². The molecular formula is C14H30. The van der Waals surface area contributed by atoms with Crippen molar-refractivity contribution in [3.8, 4) is 0 Å². The molecular weight excluding hydrogens is 168 g/mol. The van der Waals surface area contributed by atoms with Crippen LogP contribution in [0.1, 0.15) is 73.1 Å². The van der Waals surface area contributed by atoms with Gasteiger partial charge in [-0.3, -0.25) is 0 Å². The van der Waals surface area contributed by atoms with Crippen LogP contribution in [0.2, 0.25) is 0 Å². The van der Waals surface area contributed by atoms with E-state index in [9.17, 15) is 0 Å². The van der Waals surface area contributed by atoms with Crippen molar-refractivity contribution in [2.45, 2.75) is 73.1 Å². The summed E-state index contributed by atoms with van der Waals surface area (Å²) in [6.07, 6.45) is 10.4. The Labute approximate surface area is 91.5 Å². The first kappa shape index (κ1) is 14.0. The molecule has 1 atom stereocenters. The van der Waals surface area contributed by atoms with Crippen LogP contribution in [0.5, 0.6) is 0 Å². The molecule has 0 bridgehead atoms. The molecule has 1 fully saturated rings. The van der Waals surface area contributed by atoms with E-state index in [4.69, 9.17) is 0 Å². The molecule has 0 heterocycles. The summed E-state index contributed by atoms with van der Waals surface area (Å²) in [5.41, 5.74) is 0. The van der Waals surface area contributed by atoms with Crippen LogP contribution in [0.3, 0.4) is 0 Å². The summed E-state index contributed by atoms with van der Waals surface area (Å²) >= 11 is 0. The molecule has 0 aromatic carbocycles. The Morgan fingerprint density at radius 1 is 0.929 bits per heavy atom. The Morgan fingerprint density at radius 3 is 2.00 bits per heavy atom. The fourth-order valence-electron chi connectivity index (χ4n) is 2.54. The van der Waals surface area contributed by atoms with Gasteiger partial charge in [-0.25, -0.2) is 0 Å². The van der Waals surface area contributed by atoms with E-state index >= 15 is 0 Å². The van der Waals surface area contributed by atoms with Crippen molar-refractivity contribution in [3.05, 3.63) is 0 Å². The van der Waals surface area contributed by atoms with Gasteiger partial charge in [-0.05, 0) is 17.8 Å². The lowest BCUT2D eigenvalue weighted by molar-refractivity contribution is 0.242. The molecule has 1 rings (SSSR count). The van der Waals surface area contributed by atoms with Crippen LogP contribution in [0.25, 0.3) is 0 Å². The van der Waals surface area contributed by atoms with Crippen molar-refractivity contribution in [1.29, 1.82) is 0 Å². The van der Waals surface area contributed by atoms with Gasteiger partial charge in [-0.2, -0.15) is 0 Å². The van der Waals surface area contributed by atoms with Crippen LogP contribution < -0.4 is 0 Å². The van der Waals surface area contributed by atoms with Crippen molar-refractivity contribution in [3.63, 3.8) is 0 Å². The second kappa shape index (κ2) is 7.31. The van der Waals surface area contributed by atoms with Crippen LogP contribution in [-0.4, -0.2) is 0 Å². The minimum Gasteiger partial charge on any atom is -0.0776 e. The average molecular weight is 198 g/mol. The van der Waals surface area contributed by atoms with Gasteiger partial charge < -0.3 is 0 Å². The molecule has 0 aromatic rings. The molecule has 86 valence electrons. The van der Waals surface area contributed by atoms with Crippen LogP contribution in [0.4, 0.5) is 0 Å². The standard InChI is InChI=1S/C13H26.CH4/c1-11(2)9-10-12(3)13-7-5-4-6-8-13;/h11-13H,4-10H2,1-3H3;1H4. The fourth-order valence-corrected chi connectivity index (χ4v) is 2.54. The molecule has 14 heavy (non-hydrogen) atoms. The number of hydrogen-bond acceptors (Lipinski definition) is 0. The Kier molecular flexibility index (Phi) is 7.31. The lowest BCUT2D eigenvalue weighted by Gasteiger charge is -2.28. The maximum atomic E-state index is 2.47. The molecule has 0 heteroatoms. The Bertz CT molecular complexity index is 120. The van der Waals surface area contributed by atoms with Gasteiger partial charge in [-0.15, -0.1) is 0 Å². The van der Waals surface area contributed by atoms with E-state index in [2.05, 4.69) is 20.8 Å². The SMILES string of the molecule is C.CC(C)CCC(C)C1CCCCC1. The summed E-state index contributed by atoms with van der Waals surface area (Å²) in [5, 5.41) is 0. The van der Waals surface area contributed by atoms with Gasteiger partial charge in [0.2, 0.25) is 0 Å². The topological polar surface area (TPSA) is 0 Å². The van der Waals surface area contributed by atoms with Gasteiger partial charge in [0.05, 0.1) is 0 Å². The first-order chi connectivity index (χ1) is 6.20. The van der Waals surface area contributed by atoms with Crippen molar-refractivity contribution < 1.29 is 0 Å². The molecule has 0 saturated heterocycles. The second-order valence-corrected chi connectivity index (χ2v) is 5.35. The quantitative estimate of drug-likeness (QED) is 0.577. The van der Waals surface area contributed by atoms with Crippen LogP contribution in [0.15, 0.2) is 0 Å². The maximum Gasteiger partial charge on any atom is -0.0388 e. The number of hydrogen-bond donors (Lipinski definition) is 0. The molecule has 1 unspecified atom stereocenters. The van der Waals surface area contributed by atoms with E-state index < -0.39 is 0 Å². The van der Waals surface area contributed by atoms with Crippen molar-refractivity contribution in [1.82, 2.24) is 0 Å². The zero-order valence-electron chi connectivity index (χ0n) is 9.68. The van der Waals surface area contributed by atoms with Crippen LogP contribution in [-0.2, 0) is 0 Å². The van der Waals surface area contributed by atoms with Crippen molar-refractivity contribution >= 4 is 0 Å². The van der Waals surface area contributed by atoms with Crippen molar-refractivity contribution in [2.24, 2.45) is 17.8 Å². The second-order valence-electron chi connectivity index (χ2n) is 5.35. The van der Waals surface area contributed by atoms with E-state index in [0.29, 0.717) is 0 Å². The summed E-state index contributed by atoms with van der Waals surface area (Å²) in [4.78, 5) is 0. The van der Waals surface area contributed by atoms with Gasteiger partial charge in [0.15, 0.2) is 0 Å². The van der Waals surface area contributed by atoms with Gasteiger partial charge in [0.1, 0.15) is 0 Å². The van der Waals surface area contributed by atoms with Gasteiger partial charge >= 0.3 is 0 Å². The Hall–Kier alpha value is 0. The lowest BCUT2D eigenvalue weighted by Crippen LogP contribution is -2.15. The van der Waals surface area contributed by atoms with Crippen LogP contribution in [0, 0.1) is 17.8 Å². The smallest absolute Gasteiger partial charge is 0.0388 e. The molecule has 0 amide bonds. The van der Waals surface area contributed by atoms with Gasteiger partial charge in [0.25, 0.3) is 0 Å². The normalized spacial score (nSPS) is 20.6. The highest BCUT2D eigenvalue weighted by Gasteiger charge is 2.19. The monoisotopic (exact) mass is 198 g/mol. The Balaban J connectivity index is 0.00000169. The maximum absolute atomic E-state index is 2.47. The molecule has 0 aromatic heterocycles. The summed E-state index contributed by atoms with van der Waals surface area (Å²) in [7, 11) is 0. The predicted octanol–water partition coefficient (Wildman–Crippen LogP) is 5.28. The van der Waals surface area contributed by atoms with E-state index in [-0.39, 0.29) is 7.43 Å². The first-order valence-electron chi connectivity index (χ1n) is 6.20. The summed E-state index contributed by atoms with van der Waals surface area (Å²) in [6.45, 7) is 7.15. The molecule has 1 aliphatic rings. The highest BCUT2D eigenvalue weighted by Crippen LogP contribution is 2.32. The first-order valence-corrected chi connectivity index (χ1v) is 6.20. The van der Waals surface area contributed by atoms with E-state index in [1.807, 2.05) is 0 Å². The third-order valence-electron chi connectivity index (χ3n) is 3.65. The predicted molar refractivity (Wildman–Crippen MR) is 66.5 cm³/mol. The highest BCUT2D eigenvalue weighted by molar-refractivity contribution is 4.71. The van der Waals surface area contributed by atoms with Gasteiger partial charge in [0, 0.05) is 0 Å². The summed E-state index contributed by atoms with van der Waals surface area (Å²) < 4.78 is 0. The molecule has 0 nitrogen and oxygen atoms in total. The zero-order valence-corrected chi connectivity index (χ0v) is 9.68. The number of rotatable bonds is 4. The molecule has 0 radical (unpaired) electrons. The highest BCUT2D eigenvalue weighted by atomic mass is 14.2. The molecule has 0 aliphatic heterocycles. The lowest BCUT2D eigenvalue weighted by atomic mass is 9.78. The molecule has 0 spiro atoms. The molecule has 1 saturated carbocycles. The van der Waals surface area contributed by atoms with Gasteiger partial charge in [-0.1, -0.05) is 73.1 Å². The van der Waals surface area contributed by atoms with E-state index in [1.165, 1.54) is 44.9 Å². The summed E-state index contributed by atoms with van der Waals surface area (Å²) in [5.74, 6) is 2.95. The minimum absolute atomic E-state index is 0. The summed E-state index contributed by atoms with van der Waals surface area (Å²) in [6, 6.07) is 0. The molecule has 0 N–H and O–H groups in total.